The zero-order valence-corrected chi connectivity index (χ0v) is 13.3. The molecule has 0 atom stereocenters. The van der Waals surface area contributed by atoms with Crippen molar-refractivity contribution in [1.82, 2.24) is 9.55 Å². The van der Waals surface area contributed by atoms with E-state index in [0.29, 0.717) is 5.69 Å². The van der Waals surface area contributed by atoms with Crippen molar-refractivity contribution in [3.05, 3.63) is 46.1 Å². The molecule has 0 aliphatic rings. The molecule has 114 valence electrons. The lowest BCUT2D eigenvalue weighted by molar-refractivity contribution is 0.281. The molecule has 0 saturated carbocycles. The van der Waals surface area contributed by atoms with E-state index in [9.17, 15) is 9.90 Å². The monoisotopic (exact) mass is 289 g/mol. The predicted octanol–water partition coefficient (Wildman–Crippen LogP) is 2.32. The van der Waals surface area contributed by atoms with E-state index in [4.69, 9.17) is 0 Å². The number of aryl methyl sites for hydroxylation is 2. The molecule has 0 aliphatic heterocycles. The van der Waals surface area contributed by atoms with Crippen LogP contribution in [0.2, 0.25) is 0 Å². The summed E-state index contributed by atoms with van der Waals surface area (Å²) < 4.78 is 1.53. The number of hydrogen-bond acceptors (Lipinski definition) is 4. The van der Waals surface area contributed by atoms with E-state index in [1.807, 2.05) is 26.8 Å². The van der Waals surface area contributed by atoms with E-state index >= 15 is 0 Å². The standard InChI is InChI=1S/C14H17N3O2.C2H6/c1-9-12(8-18)11(4-5-16-9)10-6-13(15-2)14(19)17(3)7-10;1-2/h4-7,15,18H,8H2,1-3H3;1-2H3. The van der Waals surface area contributed by atoms with Crippen LogP contribution < -0.4 is 10.9 Å². The maximum Gasteiger partial charge on any atom is 0.273 e. The molecule has 0 aromatic carbocycles. The van der Waals surface area contributed by atoms with Crippen LogP contribution in [0.15, 0.2) is 29.3 Å². The van der Waals surface area contributed by atoms with Crippen molar-refractivity contribution in [3.63, 3.8) is 0 Å². The van der Waals surface area contributed by atoms with E-state index in [-0.39, 0.29) is 12.2 Å². The number of nitrogens with zero attached hydrogens (tertiary/aromatic N) is 2. The second-order valence-electron chi connectivity index (χ2n) is 4.39. The first kappa shape index (κ1) is 16.9. The molecule has 5 heteroatoms. The Kier molecular flexibility index (Phi) is 6.11. The van der Waals surface area contributed by atoms with Gasteiger partial charge < -0.3 is 15.0 Å². The van der Waals surface area contributed by atoms with Crippen LogP contribution in [-0.4, -0.2) is 21.7 Å². The van der Waals surface area contributed by atoms with Gasteiger partial charge in [-0.3, -0.25) is 9.78 Å². The molecule has 2 aromatic heterocycles. The summed E-state index contributed by atoms with van der Waals surface area (Å²) in [7, 11) is 3.42. The molecule has 2 N–H and O–H groups in total. The van der Waals surface area contributed by atoms with Crippen molar-refractivity contribution in [2.45, 2.75) is 27.4 Å². The molecule has 0 amide bonds. The number of hydrogen-bond donors (Lipinski definition) is 2. The summed E-state index contributed by atoms with van der Waals surface area (Å²) in [6, 6.07) is 3.63. The lowest BCUT2D eigenvalue weighted by Gasteiger charge is -2.12. The number of pyridine rings is 2. The fourth-order valence-corrected chi connectivity index (χ4v) is 2.11. The van der Waals surface area contributed by atoms with Gasteiger partial charge in [-0.2, -0.15) is 0 Å². The third-order valence-corrected chi connectivity index (χ3v) is 3.19. The second-order valence-corrected chi connectivity index (χ2v) is 4.39. The number of rotatable bonds is 3. The Balaban J connectivity index is 0.00000106. The lowest BCUT2D eigenvalue weighted by Crippen LogP contribution is -2.19. The molecule has 0 spiro atoms. The first-order valence-corrected chi connectivity index (χ1v) is 7.02. The molecule has 0 bridgehead atoms. The van der Waals surface area contributed by atoms with Gasteiger partial charge in [0.15, 0.2) is 0 Å². The summed E-state index contributed by atoms with van der Waals surface area (Å²) in [5.74, 6) is 0. The van der Waals surface area contributed by atoms with Crippen LogP contribution in [0.3, 0.4) is 0 Å². The summed E-state index contributed by atoms with van der Waals surface area (Å²) in [6.07, 6.45) is 3.46. The van der Waals surface area contributed by atoms with Crippen LogP contribution >= 0.6 is 0 Å². The summed E-state index contributed by atoms with van der Waals surface area (Å²) >= 11 is 0. The fourth-order valence-electron chi connectivity index (χ4n) is 2.11. The largest absolute Gasteiger partial charge is 0.392 e. The van der Waals surface area contributed by atoms with E-state index in [2.05, 4.69) is 10.3 Å². The Morgan fingerprint density at radius 2 is 2.05 bits per heavy atom. The summed E-state index contributed by atoms with van der Waals surface area (Å²) in [5, 5.41) is 12.4. The van der Waals surface area contributed by atoms with E-state index in [0.717, 1.165) is 22.4 Å². The van der Waals surface area contributed by atoms with Gasteiger partial charge >= 0.3 is 0 Å². The Labute approximate surface area is 125 Å². The van der Waals surface area contributed by atoms with Crippen LogP contribution in [0.5, 0.6) is 0 Å². The number of nitrogens with one attached hydrogen (secondary N) is 1. The van der Waals surface area contributed by atoms with Crippen molar-refractivity contribution in [1.29, 1.82) is 0 Å². The minimum absolute atomic E-state index is 0.0767. The van der Waals surface area contributed by atoms with Gasteiger partial charge in [-0.05, 0) is 24.6 Å². The van der Waals surface area contributed by atoms with Gasteiger partial charge in [-0.25, -0.2) is 0 Å². The normalized spacial score (nSPS) is 9.81. The highest BCUT2D eigenvalue weighted by atomic mass is 16.3. The van der Waals surface area contributed by atoms with Crippen molar-refractivity contribution in [2.75, 3.05) is 12.4 Å². The molecule has 2 rings (SSSR count). The quantitative estimate of drug-likeness (QED) is 0.910. The Bertz CT molecular complexity index is 663. The fraction of sp³-hybridized carbons (Fsp3) is 0.375. The van der Waals surface area contributed by atoms with Gasteiger partial charge in [0, 0.05) is 43.3 Å². The minimum atomic E-state index is -0.0809. The molecule has 0 saturated heterocycles. The third kappa shape index (κ3) is 3.49. The van der Waals surface area contributed by atoms with Crippen LogP contribution in [0.1, 0.15) is 25.1 Å². The maximum absolute atomic E-state index is 11.8. The van der Waals surface area contributed by atoms with Gasteiger partial charge in [-0.15, -0.1) is 0 Å². The Morgan fingerprint density at radius 1 is 1.38 bits per heavy atom. The summed E-state index contributed by atoms with van der Waals surface area (Å²) in [4.78, 5) is 16.0. The molecular formula is C16H23N3O2. The van der Waals surface area contributed by atoms with Gasteiger partial charge in [-0.1, -0.05) is 13.8 Å². The highest BCUT2D eigenvalue weighted by Crippen LogP contribution is 2.25. The lowest BCUT2D eigenvalue weighted by atomic mass is 10.0. The van der Waals surface area contributed by atoms with Crippen LogP contribution in [0.25, 0.3) is 11.1 Å². The highest BCUT2D eigenvalue weighted by molar-refractivity contribution is 5.70. The summed E-state index contributed by atoms with van der Waals surface area (Å²) in [6.45, 7) is 5.78. The van der Waals surface area contributed by atoms with E-state index < -0.39 is 0 Å². The molecular weight excluding hydrogens is 266 g/mol. The molecule has 0 fully saturated rings. The van der Waals surface area contributed by atoms with Gasteiger partial charge in [0.05, 0.1) is 6.61 Å². The SMILES string of the molecule is CC.CNc1cc(-c2ccnc(C)c2CO)cn(C)c1=O. The van der Waals surface area contributed by atoms with Crippen molar-refractivity contribution in [2.24, 2.45) is 7.05 Å². The highest BCUT2D eigenvalue weighted by Gasteiger charge is 2.10. The van der Waals surface area contributed by atoms with Gasteiger partial charge in [0.25, 0.3) is 5.56 Å². The molecule has 0 aliphatic carbocycles. The average Bonchev–Trinajstić information content (AvgIpc) is 2.51. The van der Waals surface area contributed by atoms with Crippen LogP contribution in [-0.2, 0) is 13.7 Å². The maximum atomic E-state index is 11.8. The van der Waals surface area contributed by atoms with E-state index in [1.165, 1.54) is 4.57 Å². The van der Waals surface area contributed by atoms with Crippen molar-refractivity contribution < 1.29 is 5.11 Å². The van der Waals surface area contributed by atoms with Gasteiger partial charge in [0.2, 0.25) is 0 Å². The molecule has 0 unspecified atom stereocenters. The molecule has 2 heterocycles. The van der Waals surface area contributed by atoms with Crippen molar-refractivity contribution in [3.8, 4) is 11.1 Å². The second kappa shape index (κ2) is 7.59. The smallest absolute Gasteiger partial charge is 0.273 e. The molecule has 2 aromatic rings. The number of anilines is 1. The minimum Gasteiger partial charge on any atom is -0.392 e. The van der Waals surface area contributed by atoms with Gasteiger partial charge in [0.1, 0.15) is 5.69 Å². The van der Waals surface area contributed by atoms with Crippen LogP contribution in [0.4, 0.5) is 5.69 Å². The van der Waals surface area contributed by atoms with E-state index in [1.54, 1.807) is 32.6 Å². The average molecular weight is 289 g/mol. The number of aliphatic hydroxyl groups excluding tert-OH is 1. The predicted molar refractivity (Wildman–Crippen MR) is 86.5 cm³/mol. The first-order chi connectivity index (χ1) is 10.1. The molecule has 0 radical (unpaired) electrons. The topological polar surface area (TPSA) is 67.2 Å². The Morgan fingerprint density at radius 3 is 2.62 bits per heavy atom. The molecule has 5 nitrogen and oxygen atoms in total. The number of aliphatic hydroxyl groups is 1. The van der Waals surface area contributed by atoms with Crippen molar-refractivity contribution >= 4 is 5.69 Å². The first-order valence-electron chi connectivity index (χ1n) is 7.02. The van der Waals surface area contributed by atoms with Crippen LogP contribution in [0, 0.1) is 6.92 Å². The number of aromatic nitrogens is 2. The Hall–Kier alpha value is -2.14. The zero-order valence-electron chi connectivity index (χ0n) is 13.3. The summed E-state index contributed by atoms with van der Waals surface area (Å²) in [5.41, 5.74) is 3.78. The third-order valence-electron chi connectivity index (χ3n) is 3.19. The molecule has 21 heavy (non-hydrogen) atoms. The zero-order chi connectivity index (χ0) is 16.0.